The van der Waals surface area contributed by atoms with Gasteiger partial charge < -0.3 is 5.73 Å². The van der Waals surface area contributed by atoms with Crippen LogP contribution < -0.4 is 5.73 Å². The van der Waals surface area contributed by atoms with Crippen molar-refractivity contribution in [3.8, 4) is 12.3 Å². The summed E-state index contributed by atoms with van der Waals surface area (Å²) in [5.41, 5.74) is 5.47. The molecule has 0 aromatic heterocycles. The van der Waals surface area contributed by atoms with Crippen LogP contribution in [0.25, 0.3) is 0 Å². The lowest BCUT2D eigenvalue weighted by atomic mass is 9.94. The van der Waals surface area contributed by atoms with Gasteiger partial charge in [0.2, 0.25) is 5.78 Å². The lowest BCUT2D eigenvalue weighted by Crippen LogP contribution is -2.10. The molecule has 0 radical (unpaired) electrons. The summed E-state index contributed by atoms with van der Waals surface area (Å²) in [6, 6.07) is 0. The topological polar surface area (TPSA) is 43.1 Å². The summed E-state index contributed by atoms with van der Waals surface area (Å²) in [5.74, 6) is 2.63. The molecule has 0 rings (SSSR count). The van der Waals surface area contributed by atoms with E-state index in [1.54, 1.807) is 0 Å². The summed E-state index contributed by atoms with van der Waals surface area (Å²) >= 11 is 0. The van der Waals surface area contributed by atoms with Crippen molar-refractivity contribution in [3.63, 3.8) is 0 Å². The van der Waals surface area contributed by atoms with E-state index in [0.717, 1.165) is 25.7 Å². The molecule has 0 saturated carbocycles. The zero-order chi connectivity index (χ0) is 10.1. The molecule has 0 fully saturated rings. The van der Waals surface area contributed by atoms with Crippen LogP contribution in [0, 0.1) is 18.3 Å². The van der Waals surface area contributed by atoms with E-state index in [0.29, 0.717) is 18.9 Å². The van der Waals surface area contributed by atoms with Crippen LogP contribution in [0.2, 0.25) is 0 Å². The molecule has 13 heavy (non-hydrogen) atoms. The Morgan fingerprint density at radius 3 is 2.62 bits per heavy atom. The maximum atomic E-state index is 10.9. The molecule has 0 amide bonds. The fraction of sp³-hybridized carbons (Fsp3) is 0.727. The summed E-state index contributed by atoms with van der Waals surface area (Å²) in [6.07, 6.45) is 9.70. The van der Waals surface area contributed by atoms with Gasteiger partial charge in [-0.2, -0.15) is 0 Å². The lowest BCUT2D eigenvalue weighted by Gasteiger charge is -2.13. The van der Waals surface area contributed by atoms with Crippen molar-refractivity contribution in [1.82, 2.24) is 0 Å². The first kappa shape index (κ1) is 12.2. The summed E-state index contributed by atoms with van der Waals surface area (Å²) in [7, 11) is 0. The van der Waals surface area contributed by atoms with Crippen molar-refractivity contribution in [2.75, 3.05) is 6.54 Å². The molecular weight excluding hydrogens is 162 g/mol. The Balaban J connectivity index is 3.69. The first-order chi connectivity index (χ1) is 6.24. The van der Waals surface area contributed by atoms with E-state index in [1.807, 2.05) is 0 Å². The maximum Gasteiger partial charge on any atom is 0.205 e. The standard InChI is InChI=1S/C11H19NO/c1-3-5-10(8-9-12)6-7-11(13)4-2/h2,10H,3,5-9,12H2,1H3. The molecular formula is C11H19NO. The Labute approximate surface area is 80.9 Å². The SMILES string of the molecule is C#CC(=O)CCC(CCC)CCN. The number of hydrogen-bond donors (Lipinski definition) is 1. The van der Waals surface area contributed by atoms with E-state index < -0.39 is 0 Å². The molecule has 0 aliphatic carbocycles. The van der Waals surface area contributed by atoms with Gasteiger partial charge in [-0.15, -0.1) is 6.42 Å². The van der Waals surface area contributed by atoms with Crippen molar-refractivity contribution >= 4 is 5.78 Å². The van der Waals surface area contributed by atoms with Gasteiger partial charge in [0, 0.05) is 6.42 Å². The molecule has 0 aromatic carbocycles. The van der Waals surface area contributed by atoms with Gasteiger partial charge in [-0.1, -0.05) is 19.8 Å². The Kier molecular flexibility index (Phi) is 7.33. The van der Waals surface area contributed by atoms with Crippen molar-refractivity contribution < 1.29 is 4.79 Å². The second-order valence-corrected chi connectivity index (χ2v) is 3.34. The Morgan fingerprint density at radius 1 is 1.46 bits per heavy atom. The second kappa shape index (κ2) is 7.82. The zero-order valence-corrected chi connectivity index (χ0v) is 8.38. The Hall–Kier alpha value is -0.810. The normalized spacial score (nSPS) is 12.1. The highest BCUT2D eigenvalue weighted by atomic mass is 16.1. The third kappa shape index (κ3) is 6.36. The van der Waals surface area contributed by atoms with Gasteiger partial charge in [0.05, 0.1) is 0 Å². The second-order valence-electron chi connectivity index (χ2n) is 3.34. The number of carbonyl (C=O) groups excluding carboxylic acids is 1. The van der Waals surface area contributed by atoms with Crippen LogP contribution in [0.15, 0.2) is 0 Å². The zero-order valence-electron chi connectivity index (χ0n) is 8.38. The molecule has 1 atom stereocenters. The molecule has 0 bridgehead atoms. The molecule has 2 N–H and O–H groups in total. The van der Waals surface area contributed by atoms with Gasteiger partial charge in [-0.05, 0) is 31.2 Å². The van der Waals surface area contributed by atoms with Crippen LogP contribution in [-0.2, 0) is 4.79 Å². The largest absolute Gasteiger partial charge is 0.330 e. The summed E-state index contributed by atoms with van der Waals surface area (Å²) in [5, 5.41) is 0. The average molecular weight is 181 g/mol. The number of nitrogens with two attached hydrogens (primary N) is 1. The van der Waals surface area contributed by atoms with Crippen molar-refractivity contribution in [2.45, 2.75) is 39.0 Å². The van der Waals surface area contributed by atoms with Crippen LogP contribution in [0.1, 0.15) is 39.0 Å². The molecule has 0 saturated heterocycles. The minimum absolute atomic E-state index is 0.0851. The molecule has 0 aliphatic rings. The molecule has 1 unspecified atom stereocenters. The van der Waals surface area contributed by atoms with Crippen molar-refractivity contribution in [3.05, 3.63) is 0 Å². The monoisotopic (exact) mass is 181 g/mol. The van der Waals surface area contributed by atoms with E-state index in [4.69, 9.17) is 12.2 Å². The van der Waals surface area contributed by atoms with Gasteiger partial charge in [-0.3, -0.25) is 4.79 Å². The third-order valence-electron chi connectivity index (χ3n) is 2.21. The average Bonchev–Trinajstić information content (AvgIpc) is 2.14. The lowest BCUT2D eigenvalue weighted by molar-refractivity contribution is -0.114. The summed E-state index contributed by atoms with van der Waals surface area (Å²) in [4.78, 5) is 10.9. The highest BCUT2D eigenvalue weighted by Gasteiger charge is 2.08. The molecule has 2 nitrogen and oxygen atoms in total. The third-order valence-corrected chi connectivity index (χ3v) is 2.21. The predicted molar refractivity (Wildman–Crippen MR) is 55.1 cm³/mol. The smallest absolute Gasteiger partial charge is 0.205 e. The van der Waals surface area contributed by atoms with Gasteiger partial charge in [0.1, 0.15) is 0 Å². The number of terminal acetylenes is 1. The molecule has 0 spiro atoms. The van der Waals surface area contributed by atoms with E-state index >= 15 is 0 Å². The van der Waals surface area contributed by atoms with Crippen LogP contribution in [0.4, 0.5) is 0 Å². The van der Waals surface area contributed by atoms with Gasteiger partial charge in [0.15, 0.2) is 0 Å². The first-order valence-corrected chi connectivity index (χ1v) is 4.94. The van der Waals surface area contributed by atoms with Gasteiger partial charge >= 0.3 is 0 Å². The fourth-order valence-corrected chi connectivity index (χ4v) is 1.48. The van der Waals surface area contributed by atoms with Crippen LogP contribution >= 0.6 is 0 Å². The molecule has 0 aromatic rings. The van der Waals surface area contributed by atoms with E-state index in [1.165, 1.54) is 0 Å². The predicted octanol–water partition coefficient (Wildman–Crippen LogP) is 1.73. The highest BCUT2D eigenvalue weighted by Crippen LogP contribution is 2.16. The van der Waals surface area contributed by atoms with Crippen molar-refractivity contribution in [2.24, 2.45) is 11.7 Å². The maximum absolute atomic E-state index is 10.9. The van der Waals surface area contributed by atoms with Crippen molar-refractivity contribution in [1.29, 1.82) is 0 Å². The number of rotatable bonds is 7. The fourth-order valence-electron chi connectivity index (χ4n) is 1.48. The first-order valence-electron chi connectivity index (χ1n) is 4.94. The molecule has 0 heterocycles. The number of carbonyl (C=O) groups is 1. The van der Waals surface area contributed by atoms with Crippen LogP contribution in [-0.4, -0.2) is 12.3 Å². The highest BCUT2D eigenvalue weighted by molar-refractivity contribution is 5.94. The number of Topliss-reactive ketones (excluding diaryl/α,β-unsaturated/α-hetero) is 1. The summed E-state index contributed by atoms with van der Waals surface area (Å²) < 4.78 is 0. The van der Waals surface area contributed by atoms with E-state index in [9.17, 15) is 4.79 Å². The van der Waals surface area contributed by atoms with E-state index in [2.05, 4.69) is 12.8 Å². The Morgan fingerprint density at radius 2 is 2.15 bits per heavy atom. The van der Waals surface area contributed by atoms with E-state index in [-0.39, 0.29) is 5.78 Å². The quantitative estimate of drug-likeness (QED) is 0.480. The Bertz CT molecular complexity index is 175. The molecule has 0 aliphatic heterocycles. The minimum atomic E-state index is -0.0851. The number of ketones is 1. The molecule has 2 heteroatoms. The summed E-state index contributed by atoms with van der Waals surface area (Å²) in [6.45, 7) is 2.85. The van der Waals surface area contributed by atoms with Gasteiger partial charge in [-0.25, -0.2) is 0 Å². The minimum Gasteiger partial charge on any atom is -0.330 e. The molecule has 74 valence electrons. The van der Waals surface area contributed by atoms with Crippen LogP contribution in [0.3, 0.4) is 0 Å². The number of hydrogen-bond acceptors (Lipinski definition) is 2. The van der Waals surface area contributed by atoms with Crippen LogP contribution in [0.5, 0.6) is 0 Å². The van der Waals surface area contributed by atoms with Gasteiger partial charge in [0.25, 0.3) is 0 Å².